The molecule has 0 saturated heterocycles. The zero-order chi connectivity index (χ0) is 27.5. The number of rotatable bonds is 23. The normalized spacial score (nSPS) is 15.2. The Morgan fingerprint density at radius 3 is 1.44 bits per heavy atom. The molecule has 36 heavy (non-hydrogen) atoms. The third-order valence-corrected chi connectivity index (χ3v) is 18.6. The van der Waals surface area contributed by atoms with Crippen molar-refractivity contribution in [3.05, 3.63) is 0 Å². The van der Waals surface area contributed by atoms with Crippen molar-refractivity contribution in [1.82, 2.24) is 5.32 Å². The number of carbonyl (C=O) groups excluding carboxylic acids is 1. The number of carbonyl (C=O) groups is 1. The summed E-state index contributed by atoms with van der Waals surface area (Å²) in [7, 11) is -3.16. The second-order valence-electron chi connectivity index (χ2n) is 10.2. The molecule has 0 aliphatic rings. The van der Waals surface area contributed by atoms with E-state index in [2.05, 4.69) is 46.9 Å². The van der Waals surface area contributed by atoms with Crippen LogP contribution >= 0.6 is 17.2 Å². The van der Waals surface area contributed by atoms with Crippen LogP contribution in [0.4, 0.5) is 4.79 Å². The average molecular weight is 572 g/mol. The molecule has 0 aromatic heterocycles. The van der Waals surface area contributed by atoms with E-state index >= 15 is 0 Å². The third kappa shape index (κ3) is 11.5. The van der Waals surface area contributed by atoms with E-state index in [4.69, 9.17) is 29.3 Å². The van der Waals surface area contributed by atoms with Crippen molar-refractivity contribution >= 4 is 32.1 Å². The zero-order valence-electron chi connectivity index (χ0n) is 24.8. The summed E-state index contributed by atoms with van der Waals surface area (Å²) in [5.74, 6) is -3.09. The van der Waals surface area contributed by atoms with Crippen LogP contribution in [-0.2, 0) is 18.0 Å². The molecule has 0 fully saturated rings. The molecule has 9 heteroatoms. The summed E-state index contributed by atoms with van der Waals surface area (Å²) in [5.41, 5.74) is -0.370. The molecule has 1 amide bonds. The summed E-state index contributed by atoms with van der Waals surface area (Å²) in [5, 5.41) is 3.11. The minimum absolute atomic E-state index is 0.305. The van der Waals surface area contributed by atoms with Gasteiger partial charge in [0.05, 0.1) is 0 Å². The van der Waals surface area contributed by atoms with Gasteiger partial charge in [0.15, 0.2) is 0 Å². The molecular formula is C27H59ClNO5PSi. The average Bonchev–Trinajstić information content (AvgIpc) is 2.88. The van der Waals surface area contributed by atoms with Crippen molar-refractivity contribution < 1.29 is 22.8 Å². The molecule has 0 aliphatic heterocycles. The Morgan fingerprint density at radius 2 is 1.14 bits per heavy atom. The Morgan fingerprint density at radius 1 is 0.750 bits per heavy atom. The van der Waals surface area contributed by atoms with Crippen LogP contribution in [0.5, 0.6) is 0 Å². The molecule has 2 unspecified atom stereocenters. The van der Waals surface area contributed by atoms with Gasteiger partial charge in [-0.25, -0.2) is 0 Å². The van der Waals surface area contributed by atoms with Gasteiger partial charge in [0.1, 0.15) is 0 Å². The van der Waals surface area contributed by atoms with Crippen molar-refractivity contribution in [3.63, 3.8) is 0 Å². The van der Waals surface area contributed by atoms with Gasteiger partial charge in [-0.05, 0) is 0 Å². The number of unbranched alkanes of at least 4 members (excludes halogenated alkanes) is 3. The van der Waals surface area contributed by atoms with E-state index in [0.717, 1.165) is 76.3 Å². The van der Waals surface area contributed by atoms with Gasteiger partial charge in [-0.3, -0.25) is 0 Å². The Kier molecular flexibility index (Phi) is 19.2. The van der Waals surface area contributed by atoms with Crippen LogP contribution in [0.2, 0.25) is 0 Å². The maximum atomic E-state index is 13.4. The van der Waals surface area contributed by atoms with E-state index in [9.17, 15) is 4.79 Å². The van der Waals surface area contributed by atoms with Crippen molar-refractivity contribution in [2.75, 3.05) is 38.3 Å². The first-order valence-corrected chi connectivity index (χ1v) is 20.3. The number of ether oxygens (including phenoxy) is 1. The molecular weight excluding hydrogens is 513 g/mol. The van der Waals surface area contributed by atoms with Crippen LogP contribution in [0.25, 0.3) is 0 Å². The van der Waals surface area contributed by atoms with Gasteiger partial charge in [-0.1, -0.05) is 0 Å². The van der Waals surface area contributed by atoms with E-state index in [0.29, 0.717) is 26.2 Å². The molecule has 0 spiro atoms. The van der Waals surface area contributed by atoms with Gasteiger partial charge < -0.3 is 0 Å². The Labute approximate surface area is 229 Å². The van der Waals surface area contributed by atoms with Gasteiger partial charge in [0.2, 0.25) is 0 Å². The van der Waals surface area contributed by atoms with E-state index in [1.807, 2.05) is 13.8 Å². The monoisotopic (exact) mass is 571 g/mol. The molecule has 0 saturated carbocycles. The topological polar surface area (TPSA) is 66.0 Å². The van der Waals surface area contributed by atoms with Crippen LogP contribution in [-0.4, -0.2) is 64.7 Å². The minimum atomic E-state index is -3.16. The van der Waals surface area contributed by atoms with Crippen LogP contribution < -0.4 is 5.32 Å². The number of halogens is 1. The molecule has 0 bridgehead atoms. The van der Waals surface area contributed by atoms with Crippen molar-refractivity contribution in [1.29, 1.82) is 0 Å². The number of hydrogen-bond donors (Lipinski definition) is 1. The van der Waals surface area contributed by atoms with Gasteiger partial charge in [-0.2, -0.15) is 0 Å². The Hall–Kier alpha value is 0.0869. The third-order valence-electron chi connectivity index (χ3n) is 6.96. The summed E-state index contributed by atoms with van der Waals surface area (Å²) in [4.78, 5) is 13.4. The quantitative estimate of drug-likeness (QED) is 0.0981. The van der Waals surface area contributed by atoms with E-state index < -0.39 is 20.9 Å². The molecule has 0 aliphatic carbocycles. The fourth-order valence-electron chi connectivity index (χ4n) is 4.54. The molecule has 0 aromatic rings. The van der Waals surface area contributed by atoms with Crippen LogP contribution in [0.15, 0.2) is 0 Å². The number of nitrogens with one attached hydrogen (secondary N) is 1. The molecule has 0 rings (SSSR count). The molecule has 0 aromatic carbocycles. The summed E-state index contributed by atoms with van der Waals surface area (Å²) in [6.07, 6.45) is 12.1. The summed E-state index contributed by atoms with van der Waals surface area (Å²) in [6.45, 7) is 18.5. The first-order valence-electron chi connectivity index (χ1n) is 14.8. The van der Waals surface area contributed by atoms with Crippen molar-refractivity contribution in [2.45, 2.75) is 131 Å². The summed E-state index contributed by atoms with van der Waals surface area (Å²) in [6, 6.07) is 0. The molecule has 2 atom stereocenters. The maximum absolute atomic E-state index is 13.4. The van der Waals surface area contributed by atoms with Gasteiger partial charge in [0, 0.05) is 0 Å². The Bertz CT molecular complexity index is 534. The fraction of sp³-hybridized carbons (Fsp3) is 0.963. The number of hydrogen-bond acceptors (Lipinski definition) is 5. The van der Waals surface area contributed by atoms with Gasteiger partial charge in [0.25, 0.3) is 0 Å². The van der Waals surface area contributed by atoms with E-state index in [1.54, 1.807) is 0 Å². The summed E-state index contributed by atoms with van der Waals surface area (Å²) >= 11 is 7.75. The fourth-order valence-corrected chi connectivity index (χ4v) is 14.2. The van der Waals surface area contributed by atoms with E-state index in [-0.39, 0.29) is 11.5 Å². The SMILES string of the molecule is CCCCP(Cl)(CCCC)(CCCC)C(C)OC(=O)NC(CC)[Si](OCCC)(OCCC)OCCC. The predicted octanol–water partition coefficient (Wildman–Crippen LogP) is 8.70. The van der Waals surface area contributed by atoms with Crippen molar-refractivity contribution in [3.8, 4) is 0 Å². The Balaban J connectivity index is 5.93. The number of alkyl carbamates (subject to hydrolysis) is 1. The molecule has 6 nitrogen and oxygen atoms in total. The first kappa shape index (κ1) is 36.1. The molecule has 0 heterocycles. The first-order chi connectivity index (χ1) is 17.1. The van der Waals surface area contributed by atoms with Crippen LogP contribution in [0, 0.1) is 0 Å². The molecule has 0 radical (unpaired) electrons. The number of amides is 1. The van der Waals surface area contributed by atoms with Crippen molar-refractivity contribution in [2.24, 2.45) is 0 Å². The zero-order valence-corrected chi connectivity index (χ0v) is 27.5. The molecule has 218 valence electrons. The predicted molar refractivity (Wildman–Crippen MR) is 160 cm³/mol. The standard InChI is InChI=1S/C27H59ClNO5PSi/c1-9-16-22-35(28,23-17-10-2,24-18-11-3)25(8)34-27(30)29-26(15-7)36(31-19-12-4,32-20-13-5)33-21-14-6/h25-26H,9-24H2,1-8H3,(H,29,30). The second kappa shape index (κ2) is 19.2. The van der Waals surface area contributed by atoms with Gasteiger partial charge >= 0.3 is 230 Å². The van der Waals surface area contributed by atoms with Crippen LogP contribution in [0.3, 0.4) is 0 Å². The van der Waals surface area contributed by atoms with Gasteiger partial charge in [-0.15, -0.1) is 0 Å². The summed E-state index contributed by atoms with van der Waals surface area (Å²) < 4.78 is 25.1. The van der Waals surface area contributed by atoms with E-state index in [1.165, 1.54) is 0 Å². The van der Waals surface area contributed by atoms with Crippen LogP contribution in [0.1, 0.15) is 120 Å². The second-order valence-corrected chi connectivity index (χ2v) is 21.1. The molecule has 1 N–H and O–H groups in total.